The minimum absolute atomic E-state index is 0.0332. The van der Waals surface area contributed by atoms with Gasteiger partial charge >= 0.3 is 5.97 Å². The molecule has 2 saturated carbocycles. The van der Waals surface area contributed by atoms with Gasteiger partial charge in [0.15, 0.2) is 5.60 Å². The molecule has 6 aromatic rings. The van der Waals surface area contributed by atoms with E-state index in [9.17, 15) is 44.8 Å². The third kappa shape index (κ3) is 17.6. The molecule has 87 heavy (non-hydrogen) atoms. The molecule has 2 aliphatic rings. The van der Waals surface area contributed by atoms with Crippen molar-refractivity contribution < 1.29 is 92.4 Å². The number of furan rings is 2. The van der Waals surface area contributed by atoms with Crippen molar-refractivity contribution in [3.8, 4) is 22.6 Å². The third-order valence-corrected chi connectivity index (χ3v) is 16.7. The molecule has 23 nitrogen and oxygen atoms in total. The van der Waals surface area contributed by atoms with Crippen molar-refractivity contribution in [3.63, 3.8) is 0 Å². The normalized spacial score (nSPS) is 13.7. The number of carbonyl (C=O) groups excluding carboxylic acids is 3. The molecular weight excluding hydrogens is 1180 g/mol. The van der Waals surface area contributed by atoms with Crippen LogP contribution in [0.1, 0.15) is 97.1 Å². The lowest BCUT2D eigenvalue weighted by molar-refractivity contribution is -0.162. The highest BCUT2D eigenvalue weighted by atomic mass is 32.2. The molecule has 2 aromatic heterocycles. The number of halogens is 2. The maximum Gasteiger partial charge on any atom is 0.335 e. The predicted molar refractivity (Wildman–Crippen MR) is 319 cm³/mol. The number of ether oxygens (including phenoxy) is 6. The fraction of sp³-hybridized carbons (Fsp3) is 0.467. The SMILES string of the molecule is CNC(=O)c1c(-c2ccc(F)cc2)oc2cc(N(CCOCCOCCOC(C)(C)C(=O)NO)S(C)(=O)=O)c(C3CC3)cc12.CNC(=O)c1c(-c2ccc(F)cc2)oc2cc(N(CCOCCOCCOC(C)(C)C(=O)O)S(C)(=O)=O)c(C3CC3)cc12. The number of sulfonamides is 2. The number of amides is 3. The lowest BCUT2D eigenvalue weighted by Gasteiger charge is -2.25. The van der Waals surface area contributed by atoms with E-state index in [2.05, 4.69) is 10.6 Å². The highest BCUT2D eigenvalue weighted by Crippen LogP contribution is 2.49. The van der Waals surface area contributed by atoms with E-state index in [1.54, 1.807) is 17.6 Å². The van der Waals surface area contributed by atoms with Gasteiger partial charge in [-0.25, -0.2) is 35.9 Å². The van der Waals surface area contributed by atoms with E-state index < -0.39 is 54.8 Å². The Morgan fingerprint density at radius 3 is 1.23 bits per heavy atom. The molecule has 4 aromatic carbocycles. The van der Waals surface area contributed by atoms with Crippen molar-refractivity contribution >= 4 is 77.1 Å². The molecule has 0 bridgehead atoms. The largest absolute Gasteiger partial charge is 0.479 e. The Hall–Kier alpha value is -7.08. The second-order valence-corrected chi connectivity index (χ2v) is 25.5. The summed E-state index contributed by atoms with van der Waals surface area (Å²) in [6, 6.07) is 18.1. The lowest BCUT2D eigenvalue weighted by atomic mass is 10.0. The van der Waals surface area contributed by atoms with Gasteiger partial charge in [-0.05, 0) is 137 Å². The summed E-state index contributed by atoms with van der Waals surface area (Å²) in [5, 5.41) is 24.2. The number of aliphatic carboxylic acids is 1. The van der Waals surface area contributed by atoms with Crippen LogP contribution in [0.2, 0.25) is 0 Å². The Kier molecular flexibility index (Phi) is 22.7. The fourth-order valence-corrected chi connectivity index (χ4v) is 11.2. The Bertz CT molecular complexity index is 3620. The molecule has 3 amide bonds. The molecule has 5 N–H and O–H groups in total. The highest BCUT2D eigenvalue weighted by molar-refractivity contribution is 7.92. The summed E-state index contributed by atoms with van der Waals surface area (Å²) >= 11 is 0. The van der Waals surface area contributed by atoms with E-state index in [1.807, 2.05) is 12.1 Å². The van der Waals surface area contributed by atoms with E-state index in [0.29, 0.717) is 55.6 Å². The van der Waals surface area contributed by atoms with Gasteiger partial charge in [0, 0.05) is 48.1 Å². The molecule has 0 aliphatic heterocycles. The first-order valence-electron chi connectivity index (χ1n) is 28.1. The van der Waals surface area contributed by atoms with Crippen LogP contribution in [0.15, 0.2) is 81.6 Å². The van der Waals surface area contributed by atoms with E-state index in [-0.39, 0.29) is 114 Å². The van der Waals surface area contributed by atoms with E-state index >= 15 is 0 Å². The average molecular weight is 1260 g/mol. The first-order valence-corrected chi connectivity index (χ1v) is 31.8. The van der Waals surface area contributed by atoms with Gasteiger partial charge < -0.3 is 53.0 Å². The Morgan fingerprint density at radius 2 is 0.908 bits per heavy atom. The van der Waals surface area contributed by atoms with Gasteiger partial charge in [-0.2, -0.15) is 0 Å². The maximum atomic E-state index is 13.6. The van der Waals surface area contributed by atoms with E-state index in [4.69, 9.17) is 47.6 Å². The van der Waals surface area contributed by atoms with Gasteiger partial charge in [0.1, 0.15) is 39.9 Å². The van der Waals surface area contributed by atoms with Crippen molar-refractivity contribution in [1.82, 2.24) is 16.1 Å². The molecule has 0 radical (unpaired) electrons. The molecule has 8 rings (SSSR count). The first-order chi connectivity index (χ1) is 41.2. The summed E-state index contributed by atoms with van der Waals surface area (Å²) in [6.45, 7) is 7.59. The third-order valence-electron chi connectivity index (χ3n) is 14.3. The van der Waals surface area contributed by atoms with Crippen LogP contribution in [-0.4, -0.2) is 168 Å². The van der Waals surface area contributed by atoms with Crippen molar-refractivity contribution in [1.29, 1.82) is 0 Å². The van der Waals surface area contributed by atoms with Crippen molar-refractivity contribution in [2.75, 3.05) is 114 Å². The molecule has 2 fully saturated rings. The van der Waals surface area contributed by atoms with Crippen LogP contribution in [0, 0.1) is 11.6 Å². The highest BCUT2D eigenvalue weighted by Gasteiger charge is 2.36. The number of fused-ring (bicyclic) bond motifs is 2. The number of carboxylic acid groups (broad SMARTS) is 1. The molecule has 474 valence electrons. The van der Waals surface area contributed by atoms with Gasteiger partial charge in [0.25, 0.3) is 17.7 Å². The van der Waals surface area contributed by atoms with Crippen molar-refractivity contribution in [2.24, 2.45) is 0 Å². The van der Waals surface area contributed by atoms with Gasteiger partial charge in [0.05, 0.1) is 114 Å². The van der Waals surface area contributed by atoms with Crippen LogP contribution < -0.4 is 24.7 Å². The smallest absolute Gasteiger partial charge is 0.335 e. The van der Waals surface area contributed by atoms with Crippen LogP contribution in [0.3, 0.4) is 0 Å². The lowest BCUT2D eigenvalue weighted by Crippen LogP contribution is -2.43. The zero-order valence-electron chi connectivity index (χ0n) is 49.8. The summed E-state index contributed by atoms with van der Waals surface area (Å²) in [6.07, 6.45) is 5.78. The zero-order chi connectivity index (χ0) is 63.4. The number of rotatable bonds is 32. The van der Waals surface area contributed by atoms with Crippen LogP contribution in [-0.2, 0) is 58.1 Å². The van der Waals surface area contributed by atoms with E-state index in [1.165, 1.54) is 98.9 Å². The van der Waals surface area contributed by atoms with Crippen LogP contribution in [0.4, 0.5) is 20.2 Å². The standard InChI is InChI=1S/C30H38FN3O9S.C30H37FN2O9S/c1-30(2,29(36)33-37)42-16-15-41-14-13-40-12-11-34(44(4,38)39)24-18-25-23(17-22(24)19-5-6-19)26(28(35)32-3)27(43-25)20-7-9-21(31)10-8-20;1-30(2,29(35)36)41-16-15-40-14-13-39-12-11-33(43(4,37)38)24-18-25-23(17-22(24)19-5-6-19)26(28(34)32-3)27(42-25)20-7-9-21(31)10-8-20/h7-10,17-19,37H,5-6,11-16H2,1-4H3,(H,32,35)(H,33,36);7-10,17-19H,5-6,11-16H2,1-4H3,(H,32,34)(H,35,36). The number of benzene rings is 4. The van der Waals surface area contributed by atoms with Gasteiger partial charge in [-0.15, -0.1) is 0 Å². The topological polar surface area (TPSA) is 301 Å². The summed E-state index contributed by atoms with van der Waals surface area (Å²) < 4.78 is 127. The number of nitrogens with one attached hydrogen (secondary N) is 3. The van der Waals surface area contributed by atoms with Crippen LogP contribution >= 0.6 is 0 Å². The zero-order valence-corrected chi connectivity index (χ0v) is 51.4. The summed E-state index contributed by atoms with van der Waals surface area (Å²) in [5.41, 5.74) is 3.79. The number of hydrogen-bond donors (Lipinski definition) is 5. The maximum absolute atomic E-state index is 13.6. The Morgan fingerprint density at radius 1 is 0.563 bits per heavy atom. The minimum Gasteiger partial charge on any atom is -0.479 e. The monoisotopic (exact) mass is 1260 g/mol. The number of anilines is 2. The predicted octanol–water partition coefficient (Wildman–Crippen LogP) is 7.73. The average Bonchev–Trinajstić information content (AvgIpc) is 1.65. The second kappa shape index (κ2) is 29.3. The molecule has 0 saturated heterocycles. The molecular formula is C60H75F2N5O18S2. The number of hydroxylamine groups is 1. The summed E-state index contributed by atoms with van der Waals surface area (Å²) in [7, 11) is -4.44. The number of carbonyl (C=O) groups is 4. The van der Waals surface area contributed by atoms with Crippen LogP contribution in [0.5, 0.6) is 0 Å². The van der Waals surface area contributed by atoms with Crippen molar-refractivity contribution in [2.45, 2.75) is 76.4 Å². The number of carboxylic acids is 1. The first kappa shape index (κ1) is 67.4. The van der Waals surface area contributed by atoms with Gasteiger partial charge in [-0.1, -0.05) is 0 Å². The summed E-state index contributed by atoms with van der Waals surface area (Å²) in [4.78, 5) is 48.6. The van der Waals surface area contributed by atoms with Gasteiger partial charge in [0.2, 0.25) is 20.0 Å². The quantitative estimate of drug-likeness (QED) is 0.0153. The van der Waals surface area contributed by atoms with Gasteiger partial charge in [-0.3, -0.25) is 28.2 Å². The molecule has 2 heterocycles. The molecule has 0 unspecified atom stereocenters. The Balaban J connectivity index is 0.000000249. The van der Waals surface area contributed by atoms with Crippen LogP contribution in [0.25, 0.3) is 44.6 Å². The molecule has 2 aliphatic carbocycles. The second-order valence-electron chi connectivity index (χ2n) is 21.7. The van der Waals surface area contributed by atoms with Crippen molar-refractivity contribution in [3.05, 3.63) is 107 Å². The number of nitrogens with zero attached hydrogens (tertiary/aromatic N) is 2. The molecule has 0 atom stereocenters. The number of hydrogen-bond acceptors (Lipinski definition) is 17. The molecule has 0 spiro atoms. The van der Waals surface area contributed by atoms with E-state index in [0.717, 1.165) is 49.3 Å². The fourth-order valence-electron chi connectivity index (χ4n) is 9.32. The molecule has 27 heteroatoms. The minimum atomic E-state index is -3.73. The summed E-state index contributed by atoms with van der Waals surface area (Å²) in [5.74, 6) is -2.55. The Labute approximate surface area is 503 Å².